The summed E-state index contributed by atoms with van der Waals surface area (Å²) in [7, 11) is 1.53. The lowest BCUT2D eigenvalue weighted by Crippen LogP contribution is -2.29. The largest absolute Gasteiger partial charge is 0.507 e. The molecule has 1 heterocycles. The van der Waals surface area contributed by atoms with Gasteiger partial charge in [0.1, 0.15) is 23.1 Å². The van der Waals surface area contributed by atoms with E-state index < -0.39 is 23.5 Å². The first-order chi connectivity index (χ1) is 16.4. The monoisotopic (exact) mass is 461 g/mol. The van der Waals surface area contributed by atoms with Crippen LogP contribution in [0, 0.1) is 5.82 Å². The number of methoxy groups -OCH3 is 1. The van der Waals surface area contributed by atoms with E-state index in [1.807, 2.05) is 25.1 Å². The van der Waals surface area contributed by atoms with Crippen LogP contribution in [0.2, 0.25) is 0 Å². The fourth-order valence-electron chi connectivity index (χ4n) is 4.11. The molecule has 1 N–H and O–H groups in total. The van der Waals surface area contributed by atoms with Crippen LogP contribution in [0.5, 0.6) is 11.5 Å². The van der Waals surface area contributed by atoms with Crippen LogP contribution in [0.3, 0.4) is 0 Å². The van der Waals surface area contributed by atoms with E-state index in [9.17, 15) is 19.1 Å². The van der Waals surface area contributed by atoms with Gasteiger partial charge < -0.3 is 19.5 Å². The summed E-state index contributed by atoms with van der Waals surface area (Å²) in [5.74, 6) is -1.26. The van der Waals surface area contributed by atoms with Crippen molar-refractivity contribution in [2.45, 2.75) is 19.5 Å². The zero-order valence-electron chi connectivity index (χ0n) is 18.8. The quantitative estimate of drug-likeness (QED) is 0.309. The molecular weight excluding hydrogens is 437 g/mol. The van der Waals surface area contributed by atoms with Gasteiger partial charge in [-0.05, 0) is 55.0 Å². The third kappa shape index (κ3) is 4.37. The van der Waals surface area contributed by atoms with Crippen molar-refractivity contribution in [2.24, 2.45) is 0 Å². The van der Waals surface area contributed by atoms with E-state index in [1.54, 1.807) is 30.3 Å². The molecule has 1 saturated heterocycles. The standard InChI is InChI=1S/C27H24FNO5/c1-3-34-21-9-6-8-18(15-21)24-23(25(30)17-11-13-20(28)14-12-17)26(31)27(32)29(24)16-19-7-4-5-10-22(19)33-2/h4-15,24,30H,3,16H2,1-2H3/b25-23-. The minimum absolute atomic E-state index is 0.0693. The van der Waals surface area contributed by atoms with E-state index >= 15 is 0 Å². The highest BCUT2D eigenvalue weighted by Gasteiger charge is 2.46. The van der Waals surface area contributed by atoms with E-state index in [1.165, 1.54) is 36.3 Å². The molecule has 0 aliphatic carbocycles. The maximum Gasteiger partial charge on any atom is 0.295 e. The summed E-state index contributed by atoms with van der Waals surface area (Å²) in [4.78, 5) is 27.8. The van der Waals surface area contributed by atoms with E-state index in [0.29, 0.717) is 29.2 Å². The van der Waals surface area contributed by atoms with Gasteiger partial charge in [-0.15, -0.1) is 0 Å². The van der Waals surface area contributed by atoms with Gasteiger partial charge in [-0.3, -0.25) is 9.59 Å². The number of ether oxygens (including phenoxy) is 2. The predicted octanol–water partition coefficient (Wildman–Crippen LogP) is 4.85. The summed E-state index contributed by atoms with van der Waals surface area (Å²) in [6.07, 6.45) is 0. The number of benzene rings is 3. The van der Waals surface area contributed by atoms with Crippen molar-refractivity contribution >= 4 is 17.4 Å². The molecule has 4 rings (SSSR count). The van der Waals surface area contributed by atoms with Gasteiger partial charge in [0.05, 0.1) is 31.9 Å². The second-order valence-electron chi connectivity index (χ2n) is 7.75. The Morgan fingerprint density at radius 2 is 1.76 bits per heavy atom. The minimum Gasteiger partial charge on any atom is -0.507 e. The molecule has 174 valence electrons. The summed E-state index contributed by atoms with van der Waals surface area (Å²) in [6.45, 7) is 2.38. The molecule has 7 heteroatoms. The molecule has 0 radical (unpaired) electrons. The Kier molecular flexibility index (Phi) is 6.63. The number of halogens is 1. The van der Waals surface area contributed by atoms with Crippen molar-refractivity contribution < 1.29 is 28.6 Å². The van der Waals surface area contributed by atoms with Gasteiger partial charge in [0.15, 0.2) is 0 Å². The molecule has 1 aliphatic rings. The van der Waals surface area contributed by atoms with Crippen LogP contribution < -0.4 is 9.47 Å². The molecule has 1 aliphatic heterocycles. The lowest BCUT2D eigenvalue weighted by atomic mass is 9.95. The molecule has 0 spiro atoms. The molecule has 6 nitrogen and oxygen atoms in total. The zero-order valence-corrected chi connectivity index (χ0v) is 18.8. The molecule has 1 atom stereocenters. The van der Waals surface area contributed by atoms with Crippen LogP contribution in [-0.2, 0) is 16.1 Å². The Balaban J connectivity index is 1.87. The predicted molar refractivity (Wildman–Crippen MR) is 125 cm³/mol. The van der Waals surface area contributed by atoms with Gasteiger partial charge >= 0.3 is 0 Å². The number of amides is 1. The van der Waals surface area contributed by atoms with Crippen LogP contribution >= 0.6 is 0 Å². The lowest BCUT2D eigenvalue weighted by Gasteiger charge is -2.26. The molecule has 0 saturated carbocycles. The summed E-state index contributed by atoms with van der Waals surface area (Å²) >= 11 is 0. The summed E-state index contributed by atoms with van der Waals surface area (Å²) in [5, 5.41) is 11.1. The van der Waals surface area contributed by atoms with Crippen molar-refractivity contribution in [3.05, 3.63) is 101 Å². The molecule has 3 aromatic rings. The Labute approximate surface area is 196 Å². The van der Waals surface area contributed by atoms with Gasteiger partial charge in [0.2, 0.25) is 0 Å². The molecule has 0 aromatic heterocycles. The first-order valence-corrected chi connectivity index (χ1v) is 10.8. The van der Waals surface area contributed by atoms with E-state index in [4.69, 9.17) is 9.47 Å². The van der Waals surface area contributed by atoms with E-state index in [2.05, 4.69) is 0 Å². The number of Topliss-reactive ketones (excluding diaryl/α,β-unsaturated/α-hetero) is 1. The second-order valence-corrected chi connectivity index (χ2v) is 7.75. The highest BCUT2D eigenvalue weighted by molar-refractivity contribution is 6.46. The third-order valence-electron chi connectivity index (χ3n) is 5.68. The Hall–Kier alpha value is -4.13. The van der Waals surface area contributed by atoms with Crippen LogP contribution in [0.4, 0.5) is 4.39 Å². The second kappa shape index (κ2) is 9.79. The van der Waals surface area contributed by atoms with Gasteiger partial charge in [0.25, 0.3) is 11.7 Å². The third-order valence-corrected chi connectivity index (χ3v) is 5.68. The van der Waals surface area contributed by atoms with Crippen molar-refractivity contribution in [2.75, 3.05) is 13.7 Å². The van der Waals surface area contributed by atoms with Gasteiger partial charge in [-0.25, -0.2) is 4.39 Å². The highest BCUT2D eigenvalue weighted by atomic mass is 19.1. The maximum atomic E-state index is 13.4. The molecule has 1 fully saturated rings. The zero-order chi connectivity index (χ0) is 24.2. The SMILES string of the molecule is CCOc1cccc(C2/C(=C(/O)c3ccc(F)cc3)C(=O)C(=O)N2Cc2ccccc2OC)c1. The number of hydrogen-bond donors (Lipinski definition) is 1. The topological polar surface area (TPSA) is 76.1 Å². The van der Waals surface area contributed by atoms with Crippen molar-refractivity contribution in [1.82, 2.24) is 4.90 Å². The van der Waals surface area contributed by atoms with Gasteiger partial charge in [-0.1, -0.05) is 30.3 Å². The minimum atomic E-state index is -0.879. The number of para-hydroxylation sites is 1. The molecule has 1 amide bonds. The fourth-order valence-corrected chi connectivity index (χ4v) is 4.11. The molecule has 34 heavy (non-hydrogen) atoms. The number of carbonyl (C=O) groups excluding carboxylic acids is 2. The summed E-state index contributed by atoms with van der Waals surface area (Å²) in [6, 6.07) is 18.5. The number of hydrogen-bond acceptors (Lipinski definition) is 5. The first-order valence-electron chi connectivity index (χ1n) is 10.8. The highest BCUT2D eigenvalue weighted by Crippen LogP contribution is 2.41. The number of rotatable bonds is 7. The molecule has 0 bridgehead atoms. The van der Waals surface area contributed by atoms with Crippen LogP contribution in [0.25, 0.3) is 5.76 Å². The fraction of sp³-hybridized carbons (Fsp3) is 0.185. The lowest BCUT2D eigenvalue weighted by molar-refractivity contribution is -0.140. The number of aliphatic hydroxyl groups is 1. The van der Waals surface area contributed by atoms with Crippen LogP contribution in [0.15, 0.2) is 78.4 Å². The average Bonchev–Trinajstić information content (AvgIpc) is 3.10. The summed E-state index contributed by atoms with van der Waals surface area (Å²) in [5.41, 5.74) is 1.48. The number of likely N-dealkylation sites (tertiary alicyclic amines) is 1. The van der Waals surface area contributed by atoms with Gasteiger partial charge in [-0.2, -0.15) is 0 Å². The van der Waals surface area contributed by atoms with Crippen molar-refractivity contribution in [3.63, 3.8) is 0 Å². The first kappa shape index (κ1) is 23.0. The Morgan fingerprint density at radius 1 is 1.03 bits per heavy atom. The average molecular weight is 461 g/mol. The van der Waals surface area contributed by atoms with Crippen molar-refractivity contribution in [3.8, 4) is 11.5 Å². The van der Waals surface area contributed by atoms with E-state index in [-0.39, 0.29) is 23.4 Å². The maximum absolute atomic E-state index is 13.4. The van der Waals surface area contributed by atoms with Crippen LogP contribution in [-0.4, -0.2) is 35.4 Å². The number of ketones is 1. The Bertz CT molecular complexity index is 1250. The van der Waals surface area contributed by atoms with Gasteiger partial charge in [0, 0.05) is 11.1 Å². The molecule has 3 aromatic carbocycles. The number of nitrogens with zero attached hydrogens (tertiary/aromatic N) is 1. The number of carbonyl (C=O) groups is 2. The summed E-state index contributed by atoms with van der Waals surface area (Å²) < 4.78 is 24.5. The normalized spacial score (nSPS) is 17.1. The van der Waals surface area contributed by atoms with Crippen molar-refractivity contribution in [1.29, 1.82) is 0 Å². The van der Waals surface area contributed by atoms with E-state index in [0.717, 1.165) is 0 Å². The molecular formula is C27H24FNO5. The van der Waals surface area contributed by atoms with Crippen LogP contribution in [0.1, 0.15) is 29.7 Å². The molecule has 1 unspecified atom stereocenters. The smallest absolute Gasteiger partial charge is 0.295 e. The number of aliphatic hydroxyl groups excluding tert-OH is 1. The Morgan fingerprint density at radius 3 is 2.47 bits per heavy atom.